The molecule has 4 heteroatoms. The molecule has 2 N–H and O–H groups in total. The molecule has 26 heavy (non-hydrogen) atoms. The molecule has 1 atom stereocenters. The highest BCUT2D eigenvalue weighted by molar-refractivity contribution is 5.96. The van der Waals surface area contributed by atoms with Crippen molar-refractivity contribution in [2.45, 2.75) is 45.6 Å². The molecular formula is C22H28N2O2. The summed E-state index contributed by atoms with van der Waals surface area (Å²) >= 11 is 0. The number of phenols is 1. The third-order valence-electron chi connectivity index (χ3n) is 5.19. The Bertz CT molecular complexity index is 768. The molecule has 1 aliphatic heterocycles. The van der Waals surface area contributed by atoms with Crippen LogP contribution in [-0.2, 0) is 0 Å². The second-order valence-electron chi connectivity index (χ2n) is 7.46. The van der Waals surface area contributed by atoms with Gasteiger partial charge in [-0.3, -0.25) is 4.79 Å². The van der Waals surface area contributed by atoms with E-state index in [1.54, 1.807) is 25.1 Å². The molecule has 1 amide bonds. The Morgan fingerprint density at radius 1 is 1.19 bits per heavy atom. The molecule has 0 aliphatic carbocycles. The number of anilines is 1. The number of piperidine rings is 1. The summed E-state index contributed by atoms with van der Waals surface area (Å²) in [6.07, 6.45) is 2.03. The number of nitrogens with zero attached hydrogens (tertiary/aromatic N) is 1. The first-order valence-electron chi connectivity index (χ1n) is 9.40. The van der Waals surface area contributed by atoms with Crippen molar-refractivity contribution in [1.29, 1.82) is 0 Å². The second-order valence-corrected chi connectivity index (χ2v) is 7.46. The van der Waals surface area contributed by atoms with Crippen LogP contribution in [0, 0.1) is 6.92 Å². The number of hydrogen-bond acceptors (Lipinski definition) is 3. The molecule has 1 aliphatic rings. The Hall–Kier alpha value is -2.49. The highest BCUT2D eigenvalue weighted by Crippen LogP contribution is 2.24. The van der Waals surface area contributed by atoms with Crippen molar-refractivity contribution in [2.24, 2.45) is 0 Å². The molecule has 2 aromatic rings. The van der Waals surface area contributed by atoms with Gasteiger partial charge in [-0.1, -0.05) is 32.0 Å². The minimum atomic E-state index is 0.0000516. The van der Waals surface area contributed by atoms with Gasteiger partial charge in [-0.25, -0.2) is 0 Å². The van der Waals surface area contributed by atoms with Crippen molar-refractivity contribution in [3.63, 3.8) is 0 Å². The third-order valence-corrected chi connectivity index (χ3v) is 5.19. The van der Waals surface area contributed by atoms with Gasteiger partial charge in [-0.15, -0.1) is 0 Å². The average Bonchev–Trinajstić information content (AvgIpc) is 2.64. The van der Waals surface area contributed by atoms with Crippen LogP contribution in [0.15, 0.2) is 42.5 Å². The first-order chi connectivity index (χ1) is 12.5. The van der Waals surface area contributed by atoms with Crippen LogP contribution in [0.25, 0.3) is 0 Å². The highest BCUT2D eigenvalue weighted by Gasteiger charge is 2.25. The Morgan fingerprint density at radius 2 is 1.92 bits per heavy atom. The van der Waals surface area contributed by atoms with Crippen LogP contribution in [0.5, 0.6) is 5.75 Å². The number of amides is 1. The smallest absolute Gasteiger partial charge is 0.254 e. The maximum atomic E-state index is 12.9. The molecule has 0 aromatic heterocycles. The van der Waals surface area contributed by atoms with Crippen LogP contribution < -0.4 is 5.32 Å². The number of rotatable bonds is 4. The van der Waals surface area contributed by atoms with E-state index in [0.717, 1.165) is 25.1 Å². The van der Waals surface area contributed by atoms with Crippen LogP contribution in [-0.4, -0.2) is 35.0 Å². The maximum absolute atomic E-state index is 12.9. The van der Waals surface area contributed by atoms with Crippen LogP contribution in [0.1, 0.15) is 54.1 Å². The van der Waals surface area contributed by atoms with E-state index in [0.29, 0.717) is 23.6 Å². The first kappa shape index (κ1) is 18.3. The number of phenolic OH excluding ortho intramolecular Hbond substituents is 1. The molecule has 0 saturated carbocycles. The van der Waals surface area contributed by atoms with Gasteiger partial charge in [0.2, 0.25) is 0 Å². The molecule has 0 unspecified atom stereocenters. The molecule has 2 aromatic carbocycles. The molecule has 0 radical (unpaired) electrons. The van der Waals surface area contributed by atoms with Crippen LogP contribution in [0.2, 0.25) is 0 Å². The Balaban J connectivity index is 1.67. The zero-order valence-corrected chi connectivity index (χ0v) is 15.8. The highest BCUT2D eigenvalue weighted by atomic mass is 16.3. The topological polar surface area (TPSA) is 52.6 Å². The molecule has 1 fully saturated rings. The summed E-state index contributed by atoms with van der Waals surface area (Å²) in [6, 6.07) is 13.9. The average molecular weight is 352 g/mol. The van der Waals surface area contributed by atoms with Gasteiger partial charge in [0.25, 0.3) is 5.91 Å². The van der Waals surface area contributed by atoms with Gasteiger partial charge in [-0.05, 0) is 55.5 Å². The minimum Gasteiger partial charge on any atom is -0.508 e. The van der Waals surface area contributed by atoms with E-state index in [-0.39, 0.29) is 17.7 Å². The number of benzene rings is 2. The van der Waals surface area contributed by atoms with E-state index in [2.05, 4.69) is 43.4 Å². The molecule has 138 valence electrons. The molecule has 1 heterocycles. The number of aromatic hydroxyl groups is 1. The fraction of sp³-hybridized carbons (Fsp3) is 0.409. The van der Waals surface area contributed by atoms with Crippen molar-refractivity contribution >= 4 is 11.6 Å². The predicted molar refractivity (Wildman–Crippen MR) is 106 cm³/mol. The van der Waals surface area contributed by atoms with Crippen molar-refractivity contribution in [3.05, 3.63) is 59.2 Å². The Kier molecular flexibility index (Phi) is 5.50. The van der Waals surface area contributed by atoms with Crippen molar-refractivity contribution in [3.8, 4) is 5.75 Å². The van der Waals surface area contributed by atoms with Gasteiger partial charge in [-0.2, -0.15) is 0 Å². The van der Waals surface area contributed by atoms with Gasteiger partial charge in [0.1, 0.15) is 5.75 Å². The summed E-state index contributed by atoms with van der Waals surface area (Å²) in [5.41, 5.74) is 3.67. The SMILES string of the molecule is Cc1c(O)cccc1C(=O)N1CCC[C@H](Nc2ccc(C(C)C)cc2)C1. The number of hydrogen-bond donors (Lipinski definition) is 2. The predicted octanol–water partition coefficient (Wildman–Crippen LogP) is 4.54. The fourth-order valence-corrected chi connectivity index (χ4v) is 3.50. The summed E-state index contributed by atoms with van der Waals surface area (Å²) in [4.78, 5) is 14.8. The van der Waals surface area contributed by atoms with E-state index in [1.807, 2.05) is 4.90 Å². The lowest BCUT2D eigenvalue weighted by atomic mass is 10.0. The quantitative estimate of drug-likeness (QED) is 0.849. The summed E-state index contributed by atoms with van der Waals surface area (Å²) < 4.78 is 0. The molecule has 0 spiro atoms. The number of likely N-dealkylation sites (tertiary alicyclic amines) is 1. The fourth-order valence-electron chi connectivity index (χ4n) is 3.50. The number of nitrogens with one attached hydrogen (secondary N) is 1. The molecule has 0 bridgehead atoms. The minimum absolute atomic E-state index is 0.0000516. The summed E-state index contributed by atoms with van der Waals surface area (Å²) in [7, 11) is 0. The Labute approximate surface area is 155 Å². The number of carbonyl (C=O) groups excluding carboxylic acids is 1. The van der Waals surface area contributed by atoms with E-state index in [9.17, 15) is 9.90 Å². The van der Waals surface area contributed by atoms with Gasteiger partial charge in [0.05, 0.1) is 0 Å². The van der Waals surface area contributed by atoms with Crippen molar-refractivity contribution in [1.82, 2.24) is 4.90 Å². The van der Waals surface area contributed by atoms with Crippen LogP contribution >= 0.6 is 0 Å². The lowest BCUT2D eigenvalue weighted by molar-refractivity contribution is 0.0713. The zero-order valence-electron chi connectivity index (χ0n) is 15.8. The monoisotopic (exact) mass is 352 g/mol. The zero-order chi connectivity index (χ0) is 18.7. The van der Waals surface area contributed by atoms with E-state index in [4.69, 9.17) is 0 Å². The molecule has 3 rings (SSSR count). The number of carbonyl (C=O) groups is 1. The summed E-state index contributed by atoms with van der Waals surface area (Å²) in [5.74, 6) is 0.699. The normalized spacial score (nSPS) is 17.4. The van der Waals surface area contributed by atoms with E-state index >= 15 is 0 Å². The van der Waals surface area contributed by atoms with Gasteiger partial charge in [0, 0.05) is 35.9 Å². The largest absolute Gasteiger partial charge is 0.508 e. The van der Waals surface area contributed by atoms with Gasteiger partial charge >= 0.3 is 0 Å². The summed E-state index contributed by atoms with van der Waals surface area (Å²) in [6.45, 7) is 7.61. The van der Waals surface area contributed by atoms with E-state index in [1.165, 1.54) is 5.56 Å². The van der Waals surface area contributed by atoms with Gasteiger partial charge in [0.15, 0.2) is 0 Å². The van der Waals surface area contributed by atoms with Crippen molar-refractivity contribution in [2.75, 3.05) is 18.4 Å². The molecule has 1 saturated heterocycles. The van der Waals surface area contributed by atoms with Crippen LogP contribution in [0.3, 0.4) is 0 Å². The lowest BCUT2D eigenvalue weighted by Gasteiger charge is -2.34. The van der Waals surface area contributed by atoms with Crippen molar-refractivity contribution < 1.29 is 9.90 Å². The molecule has 4 nitrogen and oxygen atoms in total. The standard InChI is InChI=1S/C22H28N2O2/c1-15(2)17-9-11-18(12-10-17)23-19-6-5-13-24(14-19)22(26)20-7-4-8-21(25)16(20)3/h4,7-12,15,19,23,25H,5-6,13-14H2,1-3H3/t19-/m0/s1. The maximum Gasteiger partial charge on any atom is 0.254 e. The molecular weight excluding hydrogens is 324 g/mol. The van der Waals surface area contributed by atoms with Gasteiger partial charge < -0.3 is 15.3 Å². The van der Waals surface area contributed by atoms with E-state index < -0.39 is 0 Å². The first-order valence-corrected chi connectivity index (χ1v) is 9.40. The second kappa shape index (κ2) is 7.81. The lowest BCUT2D eigenvalue weighted by Crippen LogP contribution is -2.45. The summed E-state index contributed by atoms with van der Waals surface area (Å²) in [5, 5.41) is 13.4. The third kappa shape index (κ3) is 4.01. The Morgan fingerprint density at radius 3 is 2.62 bits per heavy atom. The van der Waals surface area contributed by atoms with Crippen LogP contribution in [0.4, 0.5) is 5.69 Å².